The van der Waals surface area contributed by atoms with E-state index in [2.05, 4.69) is 9.27 Å². The highest BCUT2D eigenvalue weighted by Crippen LogP contribution is 2.35. The first kappa shape index (κ1) is 13.3. The predicted molar refractivity (Wildman–Crippen MR) is 78.4 cm³/mol. The minimum absolute atomic E-state index is 0.124. The van der Waals surface area contributed by atoms with Crippen molar-refractivity contribution in [1.82, 2.24) is 4.37 Å². The number of carbonyl (C=O) groups is 1. The van der Waals surface area contributed by atoms with Crippen molar-refractivity contribution in [3.05, 3.63) is 24.3 Å². The molecule has 1 aromatic heterocycles. The van der Waals surface area contributed by atoms with Crippen molar-refractivity contribution in [2.45, 2.75) is 13.0 Å². The van der Waals surface area contributed by atoms with Gasteiger partial charge in [0.15, 0.2) is 0 Å². The lowest BCUT2D eigenvalue weighted by Crippen LogP contribution is -2.43. The first-order valence-electron chi connectivity index (χ1n) is 6.64. The molecule has 20 heavy (non-hydrogen) atoms. The van der Waals surface area contributed by atoms with E-state index in [0.29, 0.717) is 6.61 Å². The third-order valence-corrected chi connectivity index (χ3v) is 4.65. The Hall–Kier alpha value is -1.66. The maximum absolute atomic E-state index is 11.3. The van der Waals surface area contributed by atoms with Gasteiger partial charge in [0.05, 0.1) is 24.8 Å². The lowest BCUT2D eigenvalue weighted by molar-refractivity contribution is -0.141. The zero-order valence-corrected chi connectivity index (χ0v) is 12.0. The highest BCUT2D eigenvalue weighted by atomic mass is 32.1. The van der Waals surface area contributed by atoms with Crippen LogP contribution in [0.1, 0.15) is 6.92 Å². The highest BCUT2D eigenvalue weighted by Gasteiger charge is 2.38. The highest BCUT2D eigenvalue weighted by molar-refractivity contribution is 7.11. The fourth-order valence-electron chi connectivity index (χ4n) is 2.70. The third-order valence-electron chi connectivity index (χ3n) is 3.73. The largest absolute Gasteiger partial charge is 0.481 e. The molecule has 2 heterocycles. The Bertz CT molecular complexity index is 628. The summed E-state index contributed by atoms with van der Waals surface area (Å²) >= 11 is 1.42. The van der Waals surface area contributed by atoms with Gasteiger partial charge in [-0.15, -0.1) is 0 Å². The number of nitrogens with zero attached hydrogens (tertiary/aromatic N) is 2. The van der Waals surface area contributed by atoms with Crippen LogP contribution < -0.4 is 4.90 Å². The topological polar surface area (TPSA) is 62.7 Å². The van der Waals surface area contributed by atoms with Gasteiger partial charge >= 0.3 is 5.97 Å². The van der Waals surface area contributed by atoms with Gasteiger partial charge in [0.2, 0.25) is 0 Å². The van der Waals surface area contributed by atoms with E-state index >= 15 is 0 Å². The Kier molecular flexibility index (Phi) is 3.58. The minimum Gasteiger partial charge on any atom is -0.481 e. The average molecular weight is 292 g/mol. The van der Waals surface area contributed by atoms with Crippen LogP contribution in [0.5, 0.6) is 0 Å². The molecule has 0 amide bonds. The molecule has 0 aliphatic carbocycles. The van der Waals surface area contributed by atoms with Crippen molar-refractivity contribution in [3.8, 4) is 0 Å². The first-order chi connectivity index (χ1) is 9.72. The van der Waals surface area contributed by atoms with Crippen LogP contribution in [0, 0.1) is 5.92 Å². The number of anilines is 1. The van der Waals surface area contributed by atoms with Crippen molar-refractivity contribution in [1.29, 1.82) is 0 Å². The van der Waals surface area contributed by atoms with E-state index in [1.54, 1.807) is 0 Å². The first-order valence-corrected chi connectivity index (χ1v) is 7.41. The summed E-state index contributed by atoms with van der Waals surface area (Å²) in [4.78, 5) is 13.5. The second kappa shape index (κ2) is 5.38. The Labute approximate surface area is 120 Å². The monoisotopic (exact) mass is 292 g/mol. The van der Waals surface area contributed by atoms with E-state index in [-0.39, 0.29) is 12.6 Å². The molecule has 2 unspecified atom stereocenters. The number of fused-ring (bicyclic) bond motifs is 1. The number of likely N-dealkylation sites (N-methyl/N-ethyl adjacent to an activating group) is 1. The van der Waals surface area contributed by atoms with Gasteiger partial charge in [-0.05, 0) is 30.6 Å². The van der Waals surface area contributed by atoms with Crippen molar-refractivity contribution in [2.75, 3.05) is 24.7 Å². The van der Waals surface area contributed by atoms with E-state index in [1.807, 2.05) is 31.2 Å². The third kappa shape index (κ3) is 2.14. The summed E-state index contributed by atoms with van der Waals surface area (Å²) in [5, 5.41) is 11.4. The maximum atomic E-state index is 11.3. The minimum atomic E-state index is -0.792. The summed E-state index contributed by atoms with van der Waals surface area (Å²) in [5.74, 6) is -1.27. The molecule has 0 saturated carbocycles. The maximum Gasteiger partial charge on any atom is 0.311 e. The van der Waals surface area contributed by atoms with Gasteiger partial charge < -0.3 is 14.7 Å². The molecule has 1 N–H and O–H groups in total. The van der Waals surface area contributed by atoms with E-state index in [9.17, 15) is 9.90 Å². The second-order valence-electron chi connectivity index (χ2n) is 4.84. The molecule has 5 nitrogen and oxygen atoms in total. The predicted octanol–water partition coefficient (Wildman–Crippen LogP) is 2.22. The normalized spacial score (nSPS) is 22.2. The molecule has 6 heteroatoms. The Morgan fingerprint density at radius 3 is 3.05 bits per heavy atom. The van der Waals surface area contributed by atoms with Crippen LogP contribution in [0.4, 0.5) is 5.00 Å². The lowest BCUT2D eigenvalue weighted by atomic mass is 10.0. The van der Waals surface area contributed by atoms with E-state index in [4.69, 9.17) is 4.74 Å². The quantitative estimate of drug-likeness (QED) is 0.936. The molecule has 0 spiro atoms. The van der Waals surface area contributed by atoms with Crippen LogP contribution in [0.3, 0.4) is 0 Å². The van der Waals surface area contributed by atoms with Gasteiger partial charge in [-0.25, -0.2) is 0 Å². The zero-order valence-electron chi connectivity index (χ0n) is 11.2. The number of hydrogen-bond donors (Lipinski definition) is 1. The Morgan fingerprint density at radius 2 is 2.30 bits per heavy atom. The molecule has 1 aromatic carbocycles. The fourth-order valence-corrected chi connectivity index (χ4v) is 3.68. The summed E-state index contributed by atoms with van der Waals surface area (Å²) in [6, 6.07) is 7.82. The fraction of sp³-hybridized carbons (Fsp3) is 0.429. The van der Waals surface area contributed by atoms with Crippen LogP contribution in [0.25, 0.3) is 10.9 Å². The van der Waals surface area contributed by atoms with Crippen molar-refractivity contribution >= 4 is 33.4 Å². The Balaban J connectivity index is 1.99. The molecule has 0 radical (unpaired) electrons. The summed E-state index contributed by atoms with van der Waals surface area (Å²) in [5.41, 5.74) is 0.955. The molecular weight excluding hydrogens is 276 g/mol. The van der Waals surface area contributed by atoms with Crippen molar-refractivity contribution < 1.29 is 14.6 Å². The van der Waals surface area contributed by atoms with Crippen LogP contribution >= 0.6 is 11.5 Å². The number of carboxylic acid groups (broad SMARTS) is 1. The number of aromatic nitrogens is 1. The second-order valence-corrected chi connectivity index (χ2v) is 5.59. The summed E-state index contributed by atoms with van der Waals surface area (Å²) in [6.07, 6.45) is 0. The summed E-state index contributed by atoms with van der Waals surface area (Å²) in [7, 11) is 0. The van der Waals surface area contributed by atoms with Gasteiger partial charge in [-0.1, -0.05) is 12.1 Å². The van der Waals surface area contributed by atoms with Crippen molar-refractivity contribution in [3.63, 3.8) is 0 Å². The van der Waals surface area contributed by atoms with Gasteiger partial charge in [0.1, 0.15) is 10.9 Å². The molecule has 2 aromatic rings. The summed E-state index contributed by atoms with van der Waals surface area (Å²) in [6.45, 7) is 3.51. The molecular formula is C14H16N2O3S. The van der Waals surface area contributed by atoms with Crippen LogP contribution in [0.15, 0.2) is 24.3 Å². The number of ether oxygens (including phenoxy) is 1. The van der Waals surface area contributed by atoms with Crippen molar-refractivity contribution in [2.24, 2.45) is 5.92 Å². The zero-order chi connectivity index (χ0) is 14.1. The molecule has 1 aliphatic heterocycles. The molecule has 1 saturated heterocycles. The number of rotatable bonds is 4. The van der Waals surface area contributed by atoms with Crippen LogP contribution in [0.2, 0.25) is 0 Å². The number of hydrogen-bond acceptors (Lipinski definition) is 5. The van der Waals surface area contributed by atoms with Gasteiger partial charge in [0, 0.05) is 11.9 Å². The molecule has 1 aliphatic rings. The van der Waals surface area contributed by atoms with Gasteiger partial charge in [-0.3, -0.25) is 4.79 Å². The average Bonchev–Trinajstić information content (AvgIpc) is 3.07. The van der Waals surface area contributed by atoms with Gasteiger partial charge in [-0.2, -0.15) is 4.37 Å². The summed E-state index contributed by atoms with van der Waals surface area (Å²) < 4.78 is 9.83. The number of aliphatic carboxylic acids is 1. The van der Waals surface area contributed by atoms with Crippen LogP contribution in [-0.4, -0.2) is 41.2 Å². The van der Waals surface area contributed by atoms with E-state index in [0.717, 1.165) is 22.4 Å². The molecule has 3 rings (SSSR count). The number of carboxylic acids is 1. The lowest BCUT2D eigenvalue weighted by Gasteiger charge is -2.29. The van der Waals surface area contributed by atoms with E-state index < -0.39 is 11.9 Å². The molecule has 106 valence electrons. The Morgan fingerprint density at radius 1 is 1.50 bits per heavy atom. The van der Waals surface area contributed by atoms with Gasteiger partial charge in [0.25, 0.3) is 0 Å². The SMILES string of the molecule is CCN(c1snc2ccccc12)C1COCC1C(=O)O. The standard InChI is InChI=1S/C14H16N2O3S/c1-2-16(12-8-19-7-10(12)14(17)18)13-9-5-3-4-6-11(9)15-20-13/h3-6,10,12H,2,7-8H2,1H3,(H,17,18). The molecule has 1 fully saturated rings. The molecule has 2 atom stereocenters. The smallest absolute Gasteiger partial charge is 0.311 e. The number of benzene rings is 1. The van der Waals surface area contributed by atoms with E-state index in [1.165, 1.54) is 11.5 Å². The van der Waals surface area contributed by atoms with Crippen LogP contribution in [-0.2, 0) is 9.53 Å². The molecule has 0 bridgehead atoms.